The molecule has 0 unspecified atom stereocenters. The van der Waals surface area contributed by atoms with Crippen molar-refractivity contribution in [2.45, 2.75) is 39.7 Å². The van der Waals surface area contributed by atoms with Gasteiger partial charge in [0.05, 0.1) is 7.11 Å². The van der Waals surface area contributed by atoms with Gasteiger partial charge in [-0.25, -0.2) is 0 Å². The lowest BCUT2D eigenvalue weighted by Crippen LogP contribution is -2.31. The molecule has 28 heavy (non-hydrogen) atoms. The third-order valence-corrected chi connectivity index (χ3v) is 5.45. The number of benzene rings is 1. The summed E-state index contributed by atoms with van der Waals surface area (Å²) in [6.45, 7) is 9.22. The monoisotopic (exact) mass is 385 g/mol. The van der Waals surface area contributed by atoms with Crippen molar-refractivity contribution >= 4 is 5.91 Å². The Morgan fingerprint density at radius 1 is 1.21 bits per heavy atom. The summed E-state index contributed by atoms with van der Waals surface area (Å²) in [6.07, 6.45) is 2.82. The lowest BCUT2D eigenvalue weighted by atomic mass is 10.1. The fraction of sp³-hybridized carbons (Fsp3) is 0.571. The van der Waals surface area contributed by atoms with E-state index in [4.69, 9.17) is 4.74 Å². The van der Waals surface area contributed by atoms with E-state index in [9.17, 15) is 4.79 Å². The minimum absolute atomic E-state index is 0.0852. The summed E-state index contributed by atoms with van der Waals surface area (Å²) in [5.41, 5.74) is 0.626. The Morgan fingerprint density at radius 2 is 2.00 bits per heavy atom. The summed E-state index contributed by atoms with van der Waals surface area (Å²) in [5, 5.41) is 11.7. The van der Waals surface area contributed by atoms with Crippen LogP contribution >= 0.6 is 0 Å². The van der Waals surface area contributed by atoms with Crippen LogP contribution in [0.1, 0.15) is 42.3 Å². The highest BCUT2D eigenvalue weighted by atomic mass is 16.5. The van der Waals surface area contributed by atoms with Gasteiger partial charge in [0.2, 0.25) is 0 Å². The van der Waals surface area contributed by atoms with Crippen molar-refractivity contribution < 1.29 is 9.53 Å². The quantitative estimate of drug-likeness (QED) is 0.754. The van der Waals surface area contributed by atoms with Crippen molar-refractivity contribution in [3.63, 3.8) is 0 Å². The average Bonchev–Trinajstić information content (AvgIpc) is 3.00. The molecule has 0 spiro atoms. The summed E-state index contributed by atoms with van der Waals surface area (Å²) in [6, 6.07) is 7.11. The molecular weight excluding hydrogens is 354 g/mol. The van der Waals surface area contributed by atoms with Crippen LogP contribution in [0.3, 0.4) is 0 Å². The molecular formula is C21H31N5O2. The van der Waals surface area contributed by atoms with Gasteiger partial charge in [-0.1, -0.05) is 20.3 Å². The molecule has 0 fully saturated rings. The van der Waals surface area contributed by atoms with Gasteiger partial charge >= 0.3 is 0 Å². The third-order valence-electron chi connectivity index (χ3n) is 5.45. The van der Waals surface area contributed by atoms with Crippen molar-refractivity contribution in [2.24, 2.45) is 5.92 Å². The topological polar surface area (TPSA) is 72.3 Å². The van der Waals surface area contributed by atoms with Gasteiger partial charge in [-0.3, -0.25) is 4.79 Å². The summed E-state index contributed by atoms with van der Waals surface area (Å²) in [7, 11) is 1.61. The molecule has 0 saturated heterocycles. The summed E-state index contributed by atoms with van der Waals surface area (Å²) in [5.74, 6) is 3.39. The fourth-order valence-electron chi connectivity index (χ4n) is 3.50. The van der Waals surface area contributed by atoms with Crippen LogP contribution in [0.4, 0.5) is 0 Å². The molecule has 3 rings (SSSR count). The lowest BCUT2D eigenvalue weighted by Gasteiger charge is -2.22. The number of fused-ring (bicyclic) bond motifs is 1. The van der Waals surface area contributed by atoms with Crippen molar-refractivity contribution in [1.29, 1.82) is 0 Å². The van der Waals surface area contributed by atoms with E-state index in [1.165, 1.54) is 6.42 Å². The zero-order valence-corrected chi connectivity index (χ0v) is 17.1. The van der Waals surface area contributed by atoms with Crippen LogP contribution in [-0.4, -0.2) is 58.9 Å². The van der Waals surface area contributed by atoms with Crippen LogP contribution in [0, 0.1) is 5.92 Å². The maximum Gasteiger partial charge on any atom is 0.251 e. The van der Waals surface area contributed by atoms with Crippen LogP contribution in [-0.2, 0) is 19.4 Å². The number of nitrogens with one attached hydrogen (secondary N) is 1. The summed E-state index contributed by atoms with van der Waals surface area (Å²) in [4.78, 5) is 14.8. The molecule has 1 aromatic heterocycles. The number of ether oxygens (including phenoxy) is 1. The Labute approximate surface area is 167 Å². The average molecular weight is 386 g/mol. The Balaban J connectivity index is 1.51. The van der Waals surface area contributed by atoms with Gasteiger partial charge in [0.25, 0.3) is 5.91 Å². The SMILES string of the molecule is CC[C@H](C)CN1CCc2nnc(CCNC(=O)c3ccc(OC)cc3)n2CC1. The van der Waals surface area contributed by atoms with Gasteiger partial charge in [0.1, 0.15) is 17.4 Å². The van der Waals surface area contributed by atoms with Gasteiger partial charge in [0.15, 0.2) is 0 Å². The van der Waals surface area contributed by atoms with Crippen molar-refractivity contribution in [1.82, 2.24) is 25.0 Å². The molecule has 1 atom stereocenters. The fourth-order valence-corrected chi connectivity index (χ4v) is 3.50. The first-order valence-corrected chi connectivity index (χ1v) is 10.2. The van der Waals surface area contributed by atoms with Gasteiger partial charge < -0.3 is 19.5 Å². The number of carbonyl (C=O) groups excluding carboxylic acids is 1. The summed E-state index contributed by atoms with van der Waals surface area (Å²) >= 11 is 0. The number of hydrogen-bond acceptors (Lipinski definition) is 5. The predicted octanol–water partition coefficient (Wildman–Crippen LogP) is 2.16. The van der Waals surface area contributed by atoms with Crippen LogP contribution in [0.2, 0.25) is 0 Å². The smallest absolute Gasteiger partial charge is 0.251 e. The Bertz CT molecular complexity index is 772. The standard InChI is InChI=1S/C21H31N5O2/c1-4-16(2)15-25-12-10-20-24-23-19(26(20)14-13-25)9-11-22-21(27)17-5-7-18(28-3)8-6-17/h5-8,16H,4,9-15H2,1-3H3,(H,22,27)/t16-/m0/s1. The molecule has 1 aliphatic heterocycles. The third kappa shape index (κ3) is 5.10. The minimum atomic E-state index is -0.0852. The van der Waals surface area contributed by atoms with E-state index in [2.05, 4.69) is 38.8 Å². The Morgan fingerprint density at radius 3 is 2.71 bits per heavy atom. The van der Waals surface area contributed by atoms with Crippen LogP contribution in [0.15, 0.2) is 24.3 Å². The van der Waals surface area contributed by atoms with E-state index in [0.717, 1.165) is 55.9 Å². The molecule has 0 aliphatic carbocycles. The highest BCUT2D eigenvalue weighted by Crippen LogP contribution is 2.13. The van der Waals surface area contributed by atoms with Crippen molar-refractivity contribution in [2.75, 3.05) is 33.3 Å². The molecule has 0 saturated carbocycles. The normalized spacial score (nSPS) is 15.5. The summed E-state index contributed by atoms with van der Waals surface area (Å²) < 4.78 is 7.36. The zero-order valence-electron chi connectivity index (χ0n) is 17.1. The number of amides is 1. The van der Waals surface area contributed by atoms with E-state index in [0.29, 0.717) is 18.5 Å². The molecule has 0 radical (unpaired) electrons. The first-order chi connectivity index (χ1) is 13.6. The number of aromatic nitrogens is 3. The van der Waals surface area contributed by atoms with E-state index in [1.54, 1.807) is 31.4 Å². The van der Waals surface area contributed by atoms with Gasteiger partial charge in [-0.05, 0) is 30.2 Å². The van der Waals surface area contributed by atoms with Gasteiger partial charge in [-0.2, -0.15) is 0 Å². The molecule has 152 valence electrons. The molecule has 2 heterocycles. The number of nitrogens with zero attached hydrogens (tertiary/aromatic N) is 4. The predicted molar refractivity (Wildman–Crippen MR) is 109 cm³/mol. The second kappa shape index (κ2) is 9.68. The van der Waals surface area contributed by atoms with E-state index >= 15 is 0 Å². The second-order valence-electron chi connectivity index (χ2n) is 7.48. The van der Waals surface area contributed by atoms with Crippen LogP contribution in [0.5, 0.6) is 5.75 Å². The Kier molecular flexibility index (Phi) is 7.03. The van der Waals surface area contributed by atoms with Crippen LogP contribution in [0.25, 0.3) is 0 Å². The number of methoxy groups -OCH3 is 1. The molecule has 2 aromatic rings. The Hall–Kier alpha value is -2.41. The molecule has 1 aromatic carbocycles. The van der Waals surface area contributed by atoms with E-state index in [-0.39, 0.29) is 5.91 Å². The lowest BCUT2D eigenvalue weighted by molar-refractivity contribution is 0.0954. The maximum absolute atomic E-state index is 12.3. The zero-order chi connectivity index (χ0) is 19.9. The second-order valence-corrected chi connectivity index (χ2v) is 7.48. The molecule has 7 heteroatoms. The van der Waals surface area contributed by atoms with Gasteiger partial charge in [-0.15, -0.1) is 10.2 Å². The first-order valence-electron chi connectivity index (χ1n) is 10.2. The van der Waals surface area contributed by atoms with Crippen LogP contribution < -0.4 is 10.1 Å². The number of rotatable bonds is 8. The maximum atomic E-state index is 12.3. The van der Waals surface area contributed by atoms with Crippen molar-refractivity contribution in [3.05, 3.63) is 41.5 Å². The van der Waals surface area contributed by atoms with E-state index < -0.39 is 0 Å². The first kappa shape index (κ1) is 20.3. The highest BCUT2D eigenvalue weighted by molar-refractivity contribution is 5.94. The van der Waals surface area contributed by atoms with Crippen molar-refractivity contribution in [3.8, 4) is 5.75 Å². The molecule has 1 N–H and O–H groups in total. The largest absolute Gasteiger partial charge is 0.497 e. The van der Waals surface area contributed by atoms with Gasteiger partial charge in [0, 0.05) is 51.1 Å². The van der Waals surface area contributed by atoms with E-state index in [1.807, 2.05) is 0 Å². The highest BCUT2D eigenvalue weighted by Gasteiger charge is 2.19. The molecule has 1 aliphatic rings. The molecule has 1 amide bonds. The number of hydrogen-bond donors (Lipinski definition) is 1. The molecule has 0 bridgehead atoms. The minimum Gasteiger partial charge on any atom is -0.497 e. The number of carbonyl (C=O) groups is 1. The molecule has 7 nitrogen and oxygen atoms in total.